The highest BCUT2D eigenvalue weighted by Crippen LogP contribution is 2.53. The first-order valence-corrected chi connectivity index (χ1v) is 20.0. The van der Waals surface area contributed by atoms with Crippen molar-refractivity contribution in [3.8, 4) is 44.5 Å². The molecule has 11 rings (SSSR count). The summed E-state index contributed by atoms with van der Waals surface area (Å²) in [5.41, 5.74) is 9.44. The predicted molar refractivity (Wildman–Crippen MR) is 247 cm³/mol. The van der Waals surface area contributed by atoms with Gasteiger partial charge in [0.05, 0.1) is 42.1 Å². The van der Waals surface area contributed by atoms with E-state index in [1.807, 2.05) is 65.7 Å². The van der Waals surface area contributed by atoms with Crippen molar-refractivity contribution in [2.45, 2.75) is 9.79 Å². The summed E-state index contributed by atoms with van der Waals surface area (Å²) in [7, 11) is 0. The molecule has 0 saturated heterocycles. The van der Waals surface area contributed by atoms with Crippen molar-refractivity contribution >= 4 is 51.7 Å². The smallest absolute Gasteiger partial charge is 0.137 e. The fraction of sp³-hybridized carbons (Fsp3) is 0.0185. The molecule has 280 valence electrons. The van der Waals surface area contributed by atoms with Gasteiger partial charge in [0.2, 0.25) is 0 Å². The van der Waals surface area contributed by atoms with Crippen LogP contribution in [0.5, 0.6) is 0 Å². The molecule has 0 saturated carbocycles. The van der Waals surface area contributed by atoms with Gasteiger partial charge < -0.3 is 9.80 Å². The fourth-order valence-corrected chi connectivity index (χ4v) is 9.09. The Kier molecular flexibility index (Phi) is 6.51. The van der Waals surface area contributed by atoms with Crippen LogP contribution in [0.15, 0.2) is 228 Å². The van der Waals surface area contributed by atoms with Crippen LogP contribution in [0, 0.1) is 0 Å². The fourth-order valence-electron chi connectivity index (χ4n) is 8.18. The predicted octanol–water partition coefficient (Wildman–Crippen LogP) is 14.9. The van der Waals surface area contributed by atoms with Crippen molar-refractivity contribution in [3.05, 3.63) is 218 Å². The molecular formula is C54H38N4S. The molecule has 2 aliphatic heterocycles. The van der Waals surface area contributed by atoms with E-state index in [2.05, 4.69) is 88.7 Å². The Morgan fingerprint density at radius 2 is 1.00 bits per heavy atom. The van der Waals surface area contributed by atoms with Gasteiger partial charge in [-0.2, -0.15) is 0 Å². The zero-order chi connectivity index (χ0) is 47.8. The highest BCUT2D eigenvalue weighted by molar-refractivity contribution is 7.99. The van der Waals surface area contributed by atoms with E-state index in [1.54, 1.807) is 30.0 Å². The third-order valence-electron chi connectivity index (χ3n) is 10.7. The van der Waals surface area contributed by atoms with Gasteiger partial charge in [0.25, 0.3) is 0 Å². The largest absolute Gasteiger partial charge is 0.321 e. The molecule has 8 aromatic carbocycles. The molecular weight excluding hydrogens is 737 g/mol. The van der Waals surface area contributed by atoms with E-state index < -0.39 is 60.4 Å². The van der Waals surface area contributed by atoms with E-state index in [1.165, 1.54) is 0 Å². The first-order chi connectivity index (χ1) is 33.4. The quantitative estimate of drug-likeness (QED) is 0.160. The highest BCUT2D eigenvalue weighted by atomic mass is 32.2. The van der Waals surface area contributed by atoms with Gasteiger partial charge in [-0.25, -0.2) is 4.98 Å². The van der Waals surface area contributed by atoms with Gasteiger partial charge in [-0.15, -0.1) is 0 Å². The normalized spacial score (nSPS) is 15.0. The number of para-hydroxylation sites is 4. The first-order valence-electron chi connectivity index (χ1n) is 24.2. The molecule has 0 bridgehead atoms. The van der Waals surface area contributed by atoms with Gasteiger partial charge in [-0.3, -0.25) is 4.90 Å². The molecule has 59 heavy (non-hydrogen) atoms. The first kappa shape index (κ1) is 25.8. The minimum Gasteiger partial charge on any atom is -0.321 e. The Morgan fingerprint density at radius 1 is 0.441 bits per heavy atom. The topological polar surface area (TPSA) is 22.6 Å². The number of pyridine rings is 1. The number of hydrogen-bond donors (Lipinski definition) is 0. The molecule has 5 heteroatoms. The molecule has 0 aliphatic carbocycles. The summed E-state index contributed by atoms with van der Waals surface area (Å²) in [6.45, 7) is 0.158. The molecule has 9 aromatic rings. The molecule has 3 heterocycles. The molecule has 2 aliphatic rings. The van der Waals surface area contributed by atoms with Crippen LogP contribution in [0.1, 0.15) is 13.7 Å². The van der Waals surface area contributed by atoms with Crippen molar-refractivity contribution < 1.29 is 13.7 Å². The van der Waals surface area contributed by atoms with Crippen molar-refractivity contribution in [1.82, 2.24) is 4.98 Å². The van der Waals surface area contributed by atoms with Crippen molar-refractivity contribution in [2.75, 3.05) is 21.4 Å². The van der Waals surface area contributed by atoms with Crippen LogP contribution in [0.3, 0.4) is 0 Å². The molecule has 1 aromatic heterocycles. The van der Waals surface area contributed by atoms with E-state index in [4.69, 9.17) is 18.7 Å². The monoisotopic (exact) mass is 784 g/mol. The minimum atomic E-state index is -0.542. The van der Waals surface area contributed by atoms with Gasteiger partial charge in [-0.1, -0.05) is 163 Å². The van der Waals surface area contributed by atoms with E-state index in [0.717, 1.165) is 60.6 Å². The second-order valence-electron chi connectivity index (χ2n) is 14.1. The van der Waals surface area contributed by atoms with E-state index in [9.17, 15) is 0 Å². The molecule has 0 N–H and O–H groups in total. The number of aromatic nitrogens is 1. The SMILES string of the molecule is [2H]c1c([2H])c([2H])c(-c2cccc(-c3c([2H])c([2H])c([2H])c([2H])c3[2H])c2N2CN(c3cccc(Sc4ccc5c(c4)N(c4ccccn4)c4ccccc4-c4ccccc4-5)c3)c3ccccc32)c([2H])c1[2H]. The molecule has 0 unspecified atom stereocenters. The third-order valence-corrected chi connectivity index (χ3v) is 11.7. The average molecular weight is 785 g/mol. The number of fused-ring (bicyclic) bond motifs is 6. The maximum atomic E-state index is 9.04. The van der Waals surface area contributed by atoms with Gasteiger partial charge in [0, 0.05) is 43.9 Å². The summed E-state index contributed by atoms with van der Waals surface area (Å²) < 4.78 is 87.2. The maximum absolute atomic E-state index is 9.04. The number of anilines is 7. The van der Waals surface area contributed by atoms with Crippen LogP contribution < -0.4 is 14.7 Å². The number of hydrogen-bond acceptors (Lipinski definition) is 5. The Bertz CT molecular complexity index is 3430. The second kappa shape index (κ2) is 14.9. The molecule has 0 spiro atoms. The lowest BCUT2D eigenvalue weighted by Crippen LogP contribution is -2.25. The number of nitrogens with zero attached hydrogens (tertiary/aromatic N) is 4. The van der Waals surface area contributed by atoms with Crippen LogP contribution in [-0.2, 0) is 0 Å². The number of benzene rings is 8. The second-order valence-corrected chi connectivity index (χ2v) is 15.2. The number of rotatable bonds is 7. The lowest BCUT2D eigenvalue weighted by molar-refractivity contribution is 0.990. The third kappa shape index (κ3) is 6.24. The lowest BCUT2D eigenvalue weighted by Gasteiger charge is -2.27. The summed E-state index contributed by atoms with van der Waals surface area (Å²) in [6, 6.07) is 45.2. The van der Waals surface area contributed by atoms with Crippen LogP contribution in [0.4, 0.5) is 39.9 Å². The summed E-state index contributed by atoms with van der Waals surface area (Å²) in [5, 5.41) is 0. The zero-order valence-corrected chi connectivity index (χ0v) is 32.2. The standard InChI is InChI=1S/C54H38N4S/c1-3-17-38(18-4-1)43-26-16-27-44(39-19-5-2-6-20-39)54(43)57-37-56(50-29-11-12-30-51(50)57)40-21-15-22-41(35-40)59-42-32-33-48-46-24-8-7-23-45(46)47-25-9-10-28-49(47)58(52(48)36-42)53-31-13-14-34-55-53/h1-36H,37H2/i1D,2D,3D,4D,5D,6D,17D,18D,19D,20D. The van der Waals surface area contributed by atoms with E-state index in [0.29, 0.717) is 11.4 Å². The van der Waals surface area contributed by atoms with E-state index >= 15 is 0 Å². The minimum absolute atomic E-state index is 0.0751. The molecule has 4 nitrogen and oxygen atoms in total. The lowest BCUT2D eigenvalue weighted by atomic mass is 9.95. The Hall–Kier alpha value is -7.34. The summed E-state index contributed by atoms with van der Waals surface area (Å²) in [4.78, 5) is 13.1. The van der Waals surface area contributed by atoms with Gasteiger partial charge >= 0.3 is 0 Å². The summed E-state index contributed by atoms with van der Waals surface area (Å²) in [6.07, 6.45) is 1.81. The van der Waals surface area contributed by atoms with Gasteiger partial charge in [0.1, 0.15) is 12.5 Å². The summed E-state index contributed by atoms with van der Waals surface area (Å²) >= 11 is 1.62. The van der Waals surface area contributed by atoms with Crippen molar-refractivity contribution in [1.29, 1.82) is 0 Å². The highest BCUT2D eigenvalue weighted by Gasteiger charge is 2.32. The zero-order valence-electron chi connectivity index (χ0n) is 41.4. The maximum Gasteiger partial charge on any atom is 0.137 e. The van der Waals surface area contributed by atoms with Gasteiger partial charge in [0.15, 0.2) is 0 Å². The van der Waals surface area contributed by atoms with Crippen molar-refractivity contribution in [3.63, 3.8) is 0 Å². The van der Waals surface area contributed by atoms with Crippen LogP contribution in [-0.4, -0.2) is 11.7 Å². The molecule has 0 amide bonds. The summed E-state index contributed by atoms with van der Waals surface area (Å²) in [5.74, 6) is 0.795. The molecule has 0 atom stereocenters. The van der Waals surface area contributed by atoms with Crippen LogP contribution in [0.25, 0.3) is 44.5 Å². The average Bonchev–Trinajstić information content (AvgIpc) is 3.71. The molecule has 0 fully saturated rings. The van der Waals surface area contributed by atoms with Gasteiger partial charge in [-0.05, 0) is 82.9 Å². The Balaban J connectivity index is 1.03. The Morgan fingerprint density at radius 3 is 1.68 bits per heavy atom. The van der Waals surface area contributed by atoms with Crippen LogP contribution >= 0.6 is 11.8 Å². The molecule has 0 radical (unpaired) electrons. The Labute approximate surface area is 363 Å². The van der Waals surface area contributed by atoms with Crippen LogP contribution in [0.2, 0.25) is 0 Å². The van der Waals surface area contributed by atoms with Crippen molar-refractivity contribution in [2.24, 2.45) is 0 Å². The van der Waals surface area contributed by atoms with E-state index in [-0.39, 0.29) is 28.9 Å².